The lowest BCUT2D eigenvalue weighted by Gasteiger charge is -2.43. The van der Waals surface area contributed by atoms with Gasteiger partial charge < -0.3 is 0 Å². The van der Waals surface area contributed by atoms with E-state index in [9.17, 15) is 9.59 Å². The van der Waals surface area contributed by atoms with Crippen LogP contribution in [0.5, 0.6) is 0 Å². The molecule has 130 valence electrons. The number of ketones is 1. The molecular weight excluding hydrogens is 352 g/mol. The van der Waals surface area contributed by atoms with Crippen LogP contribution < -0.4 is 5.01 Å². The third-order valence-corrected chi connectivity index (χ3v) is 4.77. The number of carbonyl (C=O) groups excluding carboxylic acids is 2. The van der Waals surface area contributed by atoms with Gasteiger partial charge in [-0.05, 0) is 29.5 Å². The SMILES string of the molecule is C[C@@H]1C(=O)N(n2cc(-c3ccccc3)nn2)[C@@H]1C(=O)c1ccc(Cl)cc1. The molecule has 26 heavy (non-hydrogen) atoms. The monoisotopic (exact) mass is 366 g/mol. The number of nitrogens with zero attached hydrogens (tertiary/aromatic N) is 4. The number of amides is 1. The van der Waals surface area contributed by atoms with Gasteiger partial charge in [-0.3, -0.25) is 9.59 Å². The molecule has 1 aliphatic rings. The van der Waals surface area contributed by atoms with Gasteiger partial charge in [-0.15, -0.1) is 5.10 Å². The van der Waals surface area contributed by atoms with Gasteiger partial charge in [0.15, 0.2) is 5.78 Å². The van der Waals surface area contributed by atoms with E-state index in [0.29, 0.717) is 16.3 Å². The van der Waals surface area contributed by atoms with E-state index in [1.165, 1.54) is 9.80 Å². The Bertz CT molecular complexity index is 969. The normalized spacial score (nSPS) is 19.3. The van der Waals surface area contributed by atoms with Crippen LogP contribution in [0.4, 0.5) is 0 Å². The molecule has 2 aromatic carbocycles. The summed E-state index contributed by atoms with van der Waals surface area (Å²) >= 11 is 5.88. The number of β-lactam (4-membered cyclic amide) rings is 1. The van der Waals surface area contributed by atoms with E-state index in [0.717, 1.165) is 5.56 Å². The van der Waals surface area contributed by atoms with Gasteiger partial charge in [0.05, 0.1) is 12.1 Å². The molecule has 3 aromatic rings. The van der Waals surface area contributed by atoms with Crippen molar-refractivity contribution in [3.63, 3.8) is 0 Å². The first kappa shape index (κ1) is 16.5. The zero-order chi connectivity index (χ0) is 18.3. The number of benzene rings is 2. The van der Waals surface area contributed by atoms with Crippen LogP contribution in [0.1, 0.15) is 17.3 Å². The molecule has 0 radical (unpaired) electrons. The minimum atomic E-state index is -0.617. The van der Waals surface area contributed by atoms with Crippen LogP contribution in [0.2, 0.25) is 5.02 Å². The predicted octanol–water partition coefficient (Wildman–Crippen LogP) is 2.96. The summed E-state index contributed by atoms with van der Waals surface area (Å²) in [7, 11) is 0. The Morgan fingerprint density at radius 2 is 1.77 bits per heavy atom. The summed E-state index contributed by atoms with van der Waals surface area (Å²) in [6.07, 6.45) is 1.65. The van der Waals surface area contributed by atoms with Gasteiger partial charge >= 0.3 is 0 Å². The maximum absolute atomic E-state index is 12.9. The fraction of sp³-hybridized carbons (Fsp3) is 0.158. The molecule has 2 atom stereocenters. The molecule has 1 fully saturated rings. The number of carbonyl (C=O) groups is 2. The molecule has 0 bridgehead atoms. The average Bonchev–Trinajstić information content (AvgIpc) is 3.15. The lowest BCUT2D eigenvalue weighted by atomic mass is 9.85. The molecule has 7 heteroatoms. The van der Waals surface area contributed by atoms with E-state index in [1.54, 1.807) is 37.4 Å². The molecule has 1 aromatic heterocycles. The molecule has 0 unspecified atom stereocenters. The highest BCUT2D eigenvalue weighted by Gasteiger charge is 2.50. The Labute approximate surface area is 155 Å². The van der Waals surface area contributed by atoms with Gasteiger partial charge in [0.2, 0.25) is 5.91 Å². The smallest absolute Gasteiger partial charge is 0.248 e. The Kier molecular flexibility index (Phi) is 4.05. The fourth-order valence-electron chi connectivity index (χ4n) is 3.06. The minimum absolute atomic E-state index is 0.148. The summed E-state index contributed by atoms with van der Waals surface area (Å²) in [6.45, 7) is 1.74. The van der Waals surface area contributed by atoms with Crippen molar-refractivity contribution in [2.45, 2.75) is 13.0 Å². The first-order chi connectivity index (χ1) is 12.6. The molecule has 0 spiro atoms. The van der Waals surface area contributed by atoms with Gasteiger partial charge in [0.25, 0.3) is 0 Å². The molecule has 4 rings (SSSR count). The van der Waals surface area contributed by atoms with Crippen molar-refractivity contribution in [2.24, 2.45) is 5.92 Å². The summed E-state index contributed by atoms with van der Waals surface area (Å²) in [5, 5.41) is 10.1. The Balaban J connectivity index is 1.63. The van der Waals surface area contributed by atoms with Crippen molar-refractivity contribution in [1.29, 1.82) is 0 Å². The van der Waals surface area contributed by atoms with Gasteiger partial charge in [0.1, 0.15) is 11.7 Å². The van der Waals surface area contributed by atoms with Gasteiger partial charge in [0, 0.05) is 16.1 Å². The van der Waals surface area contributed by atoms with E-state index in [2.05, 4.69) is 10.3 Å². The second kappa shape index (κ2) is 6.38. The van der Waals surface area contributed by atoms with Crippen molar-refractivity contribution in [2.75, 3.05) is 5.01 Å². The van der Waals surface area contributed by atoms with Gasteiger partial charge in [-0.1, -0.05) is 48.9 Å². The average molecular weight is 367 g/mol. The standard InChI is InChI=1S/C19H15ClN4O2/c1-12-17(18(25)14-7-9-15(20)10-8-14)24(19(12)26)23-11-16(21-22-23)13-5-3-2-4-6-13/h2-12,17H,1H3/t12-,17-/m0/s1. The molecule has 6 nitrogen and oxygen atoms in total. The number of rotatable bonds is 4. The van der Waals surface area contributed by atoms with E-state index < -0.39 is 12.0 Å². The van der Waals surface area contributed by atoms with Crippen LogP contribution >= 0.6 is 11.6 Å². The topological polar surface area (TPSA) is 68.1 Å². The molecule has 0 aliphatic carbocycles. The summed E-state index contributed by atoms with van der Waals surface area (Å²) in [4.78, 5) is 26.6. The van der Waals surface area contributed by atoms with Crippen LogP contribution in [0, 0.1) is 5.92 Å². The number of hydrogen-bond acceptors (Lipinski definition) is 4. The van der Waals surface area contributed by atoms with Crippen LogP contribution in [0.15, 0.2) is 60.8 Å². The highest BCUT2D eigenvalue weighted by atomic mass is 35.5. The summed E-state index contributed by atoms with van der Waals surface area (Å²) in [5.74, 6) is -0.727. The summed E-state index contributed by atoms with van der Waals surface area (Å²) in [5.41, 5.74) is 2.03. The van der Waals surface area contributed by atoms with E-state index in [-0.39, 0.29) is 11.7 Å². The van der Waals surface area contributed by atoms with Crippen molar-refractivity contribution in [3.05, 3.63) is 71.4 Å². The third kappa shape index (κ3) is 2.68. The van der Waals surface area contributed by atoms with Crippen molar-refractivity contribution in [1.82, 2.24) is 15.1 Å². The van der Waals surface area contributed by atoms with Crippen molar-refractivity contribution >= 4 is 23.3 Å². The largest absolute Gasteiger partial charge is 0.292 e. The zero-order valence-corrected chi connectivity index (χ0v) is 14.7. The molecule has 1 aliphatic heterocycles. The first-order valence-electron chi connectivity index (χ1n) is 8.17. The van der Waals surface area contributed by atoms with E-state index >= 15 is 0 Å². The molecular formula is C19H15ClN4O2. The van der Waals surface area contributed by atoms with E-state index in [1.807, 2.05) is 30.3 Å². The fourth-order valence-corrected chi connectivity index (χ4v) is 3.19. The van der Waals surface area contributed by atoms with Crippen LogP contribution in [-0.2, 0) is 4.79 Å². The predicted molar refractivity (Wildman–Crippen MR) is 97.4 cm³/mol. The maximum atomic E-state index is 12.9. The maximum Gasteiger partial charge on any atom is 0.248 e. The lowest BCUT2D eigenvalue weighted by molar-refractivity contribution is -0.131. The number of hydrogen-bond donors (Lipinski definition) is 0. The van der Waals surface area contributed by atoms with Crippen LogP contribution in [0.25, 0.3) is 11.3 Å². The Morgan fingerprint density at radius 3 is 2.46 bits per heavy atom. The molecule has 2 heterocycles. The third-order valence-electron chi connectivity index (χ3n) is 4.52. The second-order valence-corrected chi connectivity index (χ2v) is 6.61. The van der Waals surface area contributed by atoms with Gasteiger partial charge in [-0.25, -0.2) is 5.01 Å². The zero-order valence-electron chi connectivity index (χ0n) is 13.9. The quantitative estimate of drug-likeness (QED) is 0.526. The number of halogens is 1. The summed E-state index contributed by atoms with van der Waals surface area (Å²) < 4.78 is 0. The number of aromatic nitrogens is 3. The minimum Gasteiger partial charge on any atom is -0.292 e. The van der Waals surface area contributed by atoms with Crippen molar-refractivity contribution in [3.8, 4) is 11.3 Å². The summed E-state index contributed by atoms with van der Waals surface area (Å²) in [6, 6.07) is 15.6. The Hall–Kier alpha value is -2.99. The second-order valence-electron chi connectivity index (χ2n) is 6.18. The van der Waals surface area contributed by atoms with E-state index in [4.69, 9.17) is 11.6 Å². The van der Waals surface area contributed by atoms with Gasteiger partial charge in [-0.2, -0.15) is 4.79 Å². The van der Waals surface area contributed by atoms with Crippen LogP contribution in [-0.4, -0.2) is 32.8 Å². The molecule has 1 saturated heterocycles. The molecule has 0 N–H and O–H groups in total. The molecule has 0 saturated carbocycles. The molecule has 1 amide bonds. The Morgan fingerprint density at radius 1 is 1.08 bits per heavy atom. The number of Topliss-reactive ketones (excluding diaryl/α,β-unsaturated/α-hetero) is 1. The highest BCUT2D eigenvalue weighted by molar-refractivity contribution is 6.30. The first-order valence-corrected chi connectivity index (χ1v) is 8.55. The van der Waals surface area contributed by atoms with Crippen molar-refractivity contribution < 1.29 is 9.59 Å². The van der Waals surface area contributed by atoms with Crippen LogP contribution in [0.3, 0.4) is 0 Å². The lowest BCUT2D eigenvalue weighted by Crippen LogP contribution is -2.68. The highest BCUT2D eigenvalue weighted by Crippen LogP contribution is 2.28.